The van der Waals surface area contributed by atoms with Gasteiger partial charge in [-0.2, -0.15) is 0 Å². The minimum Gasteiger partial charge on any atom is -0.444 e. The van der Waals surface area contributed by atoms with E-state index in [4.69, 9.17) is 4.74 Å². The molecule has 0 aromatic heterocycles. The van der Waals surface area contributed by atoms with E-state index in [2.05, 4.69) is 5.32 Å². The minimum absolute atomic E-state index is 0.150. The molecule has 1 fully saturated rings. The Kier molecular flexibility index (Phi) is 6.63. The molecule has 4 nitrogen and oxygen atoms in total. The zero-order valence-electron chi connectivity index (χ0n) is 13.0. The third-order valence-corrected chi connectivity index (χ3v) is 3.54. The molecule has 0 aliphatic carbocycles. The fourth-order valence-corrected chi connectivity index (χ4v) is 2.53. The first-order valence-corrected chi connectivity index (χ1v) is 7.55. The van der Waals surface area contributed by atoms with Crippen LogP contribution in [0.3, 0.4) is 0 Å². The molecule has 0 bridgehead atoms. The van der Waals surface area contributed by atoms with E-state index in [-0.39, 0.29) is 6.09 Å². The number of hydrogen-bond donors (Lipinski definition) is 1. The van der Waals surface area contributed by atoms with Crippen LogP contribution in [0.2, 0.25) is 0 Å². The highest BCUT2D eigenvalue weighted by Gasteiger charge is 2.24. The fraction of sp³-hybridized carbons (Fsp3) is 0.933. The van der Waals surface area contributed by atoms with Crippen molar-refractivity contribution in [2.75, 3.05) is 26.7 Å². The average molecular weight is 270 g/mol. The lowest BCUT2D eigenvalue weighted by Crippen LogP contribution is -2.37. The number of nitrogens with zero attached hydrogens (tertiary/aromatic N) is 1. The predicted octanol–water partition coefficient (Wildman–Crippen LogP) is 3.02. The maximum absolute atomic E-state index is 12.0. The van der Waals surface area contributed by atoms with Gasteiger partial charge in [0.15, 0.2) is 0 Å². The normalized spacial score (nSPS) is 21.1. The molecular weight excluding hydrogens is 240 g/mol. The lowest BCUT2D eigenvalue weighted by atomic mass is 9.95. The van der Waals surface area contributed by atoms with Gasteiger partial charge in [-0.25, -0.2) is 4.79 Å². The number of hydrogen-bond acceptors (Lipinski definition) is 3. The Balaban J connectivity index is 2.34. The number of nitrogens with one attached hydrogen (secondary N) is 1. The summed E-state index contributed by atoms with van der Waals surface area (Å²) >= 11 is 0. The van der Waals surface area contributed by atoms with Crippen molar-refractivity contribution in [3.05, 3.63) is 0 Å². The molecule has 1 N–H and O–H groups in total. The van der Waals surface area contributed by atoms with Crippen LogP contribution < -0.4 is 5.32 Å². The standard InChI is InChI=1S/C15H30N2O2/c1-15(2,3)19-14(18)17-11-6-8-13(9-12-17)7-5-10-16-4/h13,16H,5-12H2,1-4H3. The topological polar surface area (TPSA) is 41.6 Å². The Hall–Kier alpha value is -0.770. The highest BCUT2D eigenvalue weighted by atomic mass is 16.6. The molecule has 0 saturated carbocycles. The van der Waals surface area contributed by atoms with Gasteiger partial charge in [0.05, 0.1) is 0 Å². The van der Waals surface area contributed by atoms with Crippen LogP contribution in [0.5, 0.6) is 0 Å². The van der Waals surface area contributed by atoms with Crippen molar-refractivity contribution in [3.63, 3.8) is 0 Å². The van der Waals surface area contributed by atoms with Crippen LogP contribution in [0.4, 0.5) is 4.79 Å². The van der Waals surface area contributed by atoms with Gasteiger partial charge in [-0.15, -0.1) is 0 Å². The molecule has 1 aliphatic rings. The van der Waals surface area contributed by atoms with Crippen molar-refractivity contribution in [1.29, 1.82) is 0 Å². The maximum atomic E-state index is 12.0. The van der Waals surface area contributed by atoms with Crippen LogP contribution in [-0.4, -0.2) is 43.3 Å². The quantitative estimate of drug-likeness (QED) is 0.798. The van der Waals surface area contributed by atoms with Crippen molar-refractivity contribution in [3.8, 4) is 0 Å². The molecule has 1 atom stereocenters. The molecule has 1 saturated heterocycles. The van der Waals surface area contributed by atoms with E-state index in [9.17, 15) is 4.79 Å². The molecule has 0 radical (unpaired) electrons. The molecule has 0 spiro atoms. The monoisotopic (exact) mass is 270 g/mol. The summed E-state index contributed by atoms with van der Waals surface area (Å²) in [5, 5.41) is 3.19. The summed E-state index contributed by atoms with van der Waals surface area (Å²) in [7, 11) is 2.00. The summed E-state index contributed by atoms with van der Waals surface area (Å²) in [5.74, 6) is 0.765. The van der Waals surface area contributed by atoms with Gasteiger partial charge < -0.3 is 15.0 Å². The first-order valence-electron chi connectivity index (χ1n) is 7.55. The number of ether oxygens (including phenoxy) is 1. The molecule has 112 valence electrons. The summed E-state index contributed by atoms with van der Waals surface area (Å²) in [6, 6.07) is 0. The molecule has 1 unspecified atom stereocenters. The highest BCUT2D eigenvalue weighted by Crippen LogP contribution is 2.23. The van der Waals surface area contributed by atoms with E-state index < -0.39 is 5.60 Å². The molecule has 0 aromatic carbocycles. The Morgan fingerprint density at radius 3 is 2.68 bits per heavy atom. The lowest BCUT2D eigenvalue weighted by molar-refractivity contribution is 0.0255. The van der Waals surface area contributed by atoms with Crippen molar-refractivity contribution < 1.29 is 9.53 Å². The first-order chi connectivity index (χ1) is 8.92. The summed E-state index contributed by atoms with van der Waals surface area (Å²) in [6.07, 6.45) is 5.80. The lowest BCUT2D eigenvalue weighted by Gasteiger charge is -2.26. The Labute approximate surface area is 117 Å². The molecule has 1 amide bonds. The maximum Gasteiger partial charge on any atom is 0.410 e. The second kappa shape index (κ2) is 7.73. The van der Waals surface area contributed by atoms with E-state index in [1.54, 1.807) is 0 Å². The van der Waals surface area contributed by atoms with Crippen LogP contribution in [0.1, 0.15) is 52.9 Å². The molecule has 0 aromatic rings. The third kappa shape index (κ3) is 6.81. The van der Waals surface area contributed by atoms with Crippen molar-refractivity contribution in [2.45, 2.75) is 58.5 Å². The summed E-state index contributed by atoms with van der Waals surface area (Å²) in [4.78, 5) is 13.9. The van der Waals surface area contributed by atoms with Crippen LogP contribution in [0.15, 0.2) is 0 Å². The number of carbonyl (C=O) groups excluding carboxylic acids is 1. The van der Waals surface area contributed by atoms with Gasteiger partial charge in [0, 0.05) is 13.1 Å². The fourth-order valence-electron chi connectivity index (χ4n) is 2.53. The van der Waals surface area contributed by atoms with Gasteiger partial charge in [-0.3, -0.25) is 0 Å². The van der Waals surface area contributed by atoms with Gasteiger partial charge in [0.1, 0.15) is 5.60 Å². The minimum atomic E-state index is -0.393. The van der Waals surface area contributed by atoms with Gasteiger partial charge in [0.25, 0.3) is 0 Å². The summed E-state index contributed by atoms with van der Waals surface area (Å²) < 4.78 is 5.44. The van der Waals surface area contributed by atoms with Gasteiger partial charge in [0.2, 0.25) is 0 Å². The van der Waals surface area contributed by atoms with E-state index in [1.807, 2.05) is 32.7 Å². The van der Waals surface area contributed by atoms with Gasteiger partial charge >= 0.3 is 6.09 Å². The number of carbonyl (C=O) groups is 1. The van der Waals surface area contributed by atoms with E-state index in [0.29, 0.717) is 0 Å². The second-order valence-corrected chi connectivity index (χ2v) is 6.51. The van der Waals surface area contributed by atoms with Crippen molar-refractivity contribution in [2.24, 2.45) is 5.92 Å². The van der Waals surface area contributed by atoms with Gasteiger partial charge in [-0.1, -0.05) is 0 Å². The molecule has 4 heteroatoms. The number of rotatable bonds is 4. The van der Waals surface area contributed by atoms with Gasteiger partial charge in [-0.05, 0) is 72.4 Å². The zero-order chi connectivity index (χ0) is 14.3. The van der Waals surface area contributed by atoms with E-state index in [1.165, 1.54) is 19.3 Å². The van der Waals surface area contributed by atoms with Crippen molar-refractivity contribution >= 4 is 6.09 Å². The smallest absolute Gasteiger partial charge is 0.410 e. The first kappa shape index (κ1) is 16.3. The predicted molar refractivity (Wildman–Crippen MR) is 78.3 cm³/mol. The molecule has 1 rings (SSSR count). The second-order valence-electron chi connectivity index (χ2n) is 6.51. The number of amides is 1. The largest absolute Gasteiger partial charge is 0.444 e. The SMILES string of the molecule is CNCCCC1CCCN(C(=O)OC(C)(C)C)CC1. The van der Waals surface area contributed by atoms with Crippen LogP contribution in [0.25, 0.3) is 0 Å². The third-order valence-electron chi connectivity index (χ3n) is 3.54. The van der Waals surface area contributed by atoms with E-state index in [0.717, 1.165) is 38.4 Å². The van der Waals surface area contributed by atoms with Crippen LogP contribution >= 0.6 is 0 Å². The molecule has 19 heavy (non-hydrogen) atoms. The van der Waals surface area contributed by atoms with Crippen LogP contribution in [-0.2, 0) is 4.74 Å². The van der Waals surface area contributed by atoms with Crippen molar-refractivity contribution in [1.82, 2.24) is 10.2 Å². The Morgan fingerprint density at radius 2 is 2.05 bits per heavy atom. The summed E-state index contributed by atoms with van der Waals surface area (Å²) in [5.41, 5.74) is -0.393. The highest BCUT2D eigenvalue weighted by molar-refractivity contribution is 5.68. The Morgan fingerprint density at radius 1 is 1.32 bits per heavy atom. The van der Waals surface area contributed by atoms with E-state index >= 15 is 0 Å². The number of likely N-dealkylation sites (tertiary alicyclic amines) is 1. The average Bonchev–Trinajstić information content (AvgIpc) is 2.53. The Bertz CT molecular complexity index is 274. The molecule has 1 heterocycles. The molecular formula is C15H30N2O2. The zero-order valence-corrected chi connectivity index (χ0v) is 13.0. The van der Waals surface area contributed by atoms with Crippen LogP contribution in [0, 0.1) is 5.92 Å². The molecule has 1 aliphatic heterocycles. The summed E-state index contributed by atoms with van der Waals surface area (Å²) in [6.45, 7) is 8.54.